The number of carbonyl (C=O) groups excluding carboxylic acids is 3. The monoisotopic (exact) mass is 269 g/mol. The number of hydrogen-bond acceptors (Lipinski definition) is 6. The third kappa shape index (κ3) is 2.67. The van der Waals surface area contributed by atoms with E-state index >= 15 is 0 Å². The first-order valence-corrected chi connectivity index (χ1v) is 6.07. The fourth-order valence-corrected chi connectivity index (χ4v) is 2.54. The van der Waals surface area contributed by atoms with Gasteiger partial charge in [-0.15, -0.1) is 0 Å². The van der Waals surface area contributed by atoms with Gasteiger partial charge in [0.05, 0.1) is 0 Å². The van der Waals surface area contributed by atoms with Crippen molar-refractivity contribution in [2.75, 3.05) is 0 Å². The van der Waals surface area contributed by atoms with Gasteiger partial charge in [0.1, 0.15) is 5.25 Å². The molecule has 2 heterocycles. The highest BCUT2D eigenvalue weighted by Crippen LogP contribution is 2.28. The maximum absolute atomic E-state index is 11.7. The number of rotatable bonds is 1. The molecule has 0 saturated heterocycles. The SMILES string of the molecule is CC(=O)NC1=NC2=NC(NC(C)=O)SC2C(=O)N1. The van der Waals surface area contributed by atoms with Gasteiger partial charge >= 0.3 is 0 Å². The molecule has 96 valence electrons. The van der Waals surface area contributed by atoms with Gasteiger partial charge in [0.25, 0.3) is 0 Å². The highest BCUT2D eigenvalue weighted by Gasteiger charge is 2.38. The summed E-state index contributed by atoms with van der Waals surface area (Å²) in [6.45, 7) is 2.68. The standard InChI is InChI=1S/C9H11N5O3S/c1-3(15)10-8-12-6-5(7(17)14-8)18-9(13-6)11-4(2)16/h5,9H,1-2H3,(H,11,16)(H2,10,12,13,14,15,17). The van der Waals surface area contributed by atoms with Crippen LogP contribution in [0.5, 0.6) is 0 Å². The summed E-state index contributed by atoms with van der Waals surface area (Å²) in [4.78, 5) is 41.7. The number of hydrogen-bond donors (Lipinski definition) is 3. The van der Waals surface area contributed by atoms with Gasteiger partial charge in [0.2, 0.25) is 23.7 Å². The first-order valence-electron chi connectivity index (χ1n) is 5.13. The molecular weight excluding hydrogens is 258 g/mol. The lowest BCUT2D eigenvalue weighted by atomic mass is 10.3. The summed E-state index contributed by atoms with van der Waals surface area (Å²) in [5.74, 6) is -0.526. The molecule has 18 heavy (non-hydrogen) atoms. The Hall–Kier alpha value is -1.90. The van der Waals surface area contributed by atoms with Crippen molar-refractivity contribution < 1.29 is 14.4 Å². The zero-order valence-electron chi connectivity index (χ0n) is 9.68. The van der Waals surface area contributed by atoms with Crippen LogP contribution < -0.4 is 16.0 Å². The van der Waals surface area contributed by atoms with E-state index in [0.29, 0.717) is 5.84 Å². The minimum atomic E-state index is -0.556. The number of nitrogens with one attached hydrogen (secondary N) is 3. The summed E-state index contributed by atoms with van der Waals surface area (Å²) in [5, 5.41) is 6.86. The smallest absolute Gasteiger partial charge is 0.247 e. The van der Waals surface area contributed by atoms with Crippen molar-refractivity contribution in [3.63, 3.8) is 0 Å². The van der Waals surface area contributed by atoms with Gasteiger partial charge in [0.15, 0.2) is 11.3 Å². The van der Waals surface area contributed by atoms with E-state index in [0.717, 1.165) is 0 Å². The van der Waals surface area contributed by atoms with E-state index in [4.69, 9.17) is 0 Å². The predicted octanol–water partition coefficient (Wildman–Crippen LogP) is -1.46. The molecular formula is C9H11N5O3S. The number of guanidine groups is 1. The molecule has 0 fully saturated rings. The van der Waals surface area contributed by atoms with Crippen molar-refractivity contribution in [2.45, 2.75) is 24.6 Å². The molecule has 0 aromatic heterocycles. The van der Waals surface area contributed by atoms with Gasteiger partial charge in [-0.25, -0.2) is 4.99 Å². The Labute approximate surface area is 107 Å². The van der Waals surface area contributed by atoms with E-state index in [-0.39, 0.29) is 23.7 Å². The zero-order chi connectivity index (χ0) is 13.3. The van der Waals surface area contributed by atoms with Crippen LogP contribution in [0.3, 0.4) is 0 Å². The van der Waals surface area contributed by atoms with Crippen molar-refractivity contribution >= 4 is 41.3 Å². The summed E-state index contributed by atoms with van der Waals surface area (Å²) in [7, 11) is 0. The van der Waals surface area contributed by atoms with Crippen LogP contribution in [0.15, 0.2) is 9.98 Å². The Balaban J connectivity index is 2.16. The number of amides is 3. The molecule has 2 unspecified atom stereocenters. The summed E-state index contributed by atoms with van der Waals surface area (Å²) in [6, 6.07) is 0. The van der Waals surface area contributed by atoms with E-state index in [1.165, 1.54) is 25.6 Å². The molecule has 0 aromatic carbocycles. The van der Waals surface area contributed by atoms with Crippen LogP contribution in [0.25, 0.3) is 0 Å². The minimum absolute atomic E-state index is 0.0616. The second kappa shape index (κ2) is 4.77. The maximum Gasteiger partial charge on any atom is 0.247 e. The molecule has 8 nitrogen and oxygen atoms in total. The quantitative estimate of drug-likeness (QED) is 0.540. The lowest BCUT2D eigenvalue weighted by Gasteiger charge is -2.18. The van der Waals surface area contributed by atoms with Crippen molar-refractivity contribution in [2.24, 2.45) is 9.98 Å². The van der Waals surface area contributed by atoms with E-state index < -0.39 is 10.7 Å². The van der Waals surface area contributed by atoms with Crippen molar-refractivity contribution in [1.29, 1.82) is 0 Å². The van der Waals surface area contributed by atoms with Gasteiger partial charge in [0, 0.05) is 13.8 Å². The molecule has 0 radical (unpaired) electrons. The second-order valence-corrected chi connectivity index (χ2v) is 4.88. The van der Waals surface area contributed by atoms with Crippen LogP contribution in [-0.4, -0.2) is 40.3 Å². The maximum atomic E-state index is 11.7. The third-order valence-corrected chi connectivity index (χ3v) is 3.25. The number of carbonyl (C=O) groups is 3. The Morgan fingerprint density at radius 2 is 2.06 bits per heavy atom. The van der Waals surface area contributed by atoms with Crippen LogP contribution in [0.2, 0.25) is 0 Å². The van der Waals surface area contributed by atoms with Gasteiger partial charge < -0.3 is 5.32 Å². The van der Waals surface area contributed by atoms with Gasteiger partial charge in [-0.3, -0.25) is 25.0 Å². The summed E-state index contributed by atoms with van der Waals surface area (Å²) < 4.78 is 0. The molecule has 2 aliphatic rings. The zero-order valence-corrected chi connectivity index (χ0v) is 10.5. The highest BCUT2D eigenvalue weighted by atomic mass is 32.2. The number of fused-ring (bicyclic) bond motifs is 1. The lowest BCUT2D eigenvalue weighted by molar-refractivity contribution is -0.120. The minimum Gasteiger partial charge on any atom is -0.326 e. The fourth-order valence-electron chi connectivity index (χ4n) is 1.47. The Bertz CT molecular complexity index is 487. The Kier molecular flexibility index (Phi) is 3.32. The third-order valence-electron chi connectivity index (χ3n) is 2.08. The molecule has 0 bridgehead atoms. The normalized spacial score (nSPS) is 25.6. The van der Waals surface area contributed by atoms with E-state index in [1.54, 1.807) is 0 Å². The number of thioether (sulfide) groups is 1. The van der Waals surface area contributed by atoms with E-state index in [2.05, 4.69) is 25.9 Å². The van der Waals surface area contributed by atoms with Gasteiger partial charge in [-0.2, -0.15) is 4.99 Å². The molecule has 9 heteroatoms. The first kappa shape index (κ1) is 12.6. The molecule has 0 aliphatic carbocycles. The molecule has 2 rings (SSSR count). The Morgan fingerprint density at radius 1 is 1.33 bits per heavy atom. The summed E-state index contributed by atoms with van der Waals surface area (Å²) in [6.07, 6.45) is 0. The van der Waals surface area contributed by atoms with Crippen LogP contribution in [0.1, 0.15) is 13.8 Å². The fraction of sp³-hybridized carbons (Fsp3) is 0.444. The molecule has 0 saturated carbocycles. The molecule has 3 N–H and O–H groups in total. The van der Waals surface area contributed by atoms with Crippen molar-refractivity contribution in [1.82, 2.24) is 16.0 Å². The van der Waals surface area contributed by atoms with Crippen molar-refractivity contribution in [3.05, 3.63) is 0 Å². The van der Waals surface area contributed by atoms with Crippen molar-refractivity contribution in [3.8, 4) is 0 Å². The van der Waals surface area contributed by atoms with E-state index in [1.807, 2.05) is 0 Å². The van der Waals surface area contributed by atoms with Crippen LogP contribution in [-0.2, 0) is 14.4 Å². The number of nitrogens with zero attached hydrogens (tertiary/aromatic N) is 2. The molecule has 2 aliphatic heterocycles. The van der Waals surface area contributed by atoms with Gasteiger partial charge in [-0.05, 0) is 0 Å². The summed E-state index contributed by atoms with van der Waals surface area (Å²) >= 11 is 1.18. The Morgan fingerprint density at radius 3 is 2.67 bits per heavy atom. The first-order chi connectivity index (χ1) is 8.45. The topological polar surface area (TPSA) is 112 Å². The average molecular weight is 269 g/mol. The van der Waals surface area contributed by atoms with Crippen LogP contribution in [0, 0.1) is 0 Å². The van der Waals surface area contributed by atoms with E-state index in [9.17, 15) is 14.4 Å². The predicted molar refractivity (Wildman–Crippen MR) is 65.8 cm³/mol. The van der Waals surface area contributed by atoms with Gasteiger partial charge in [-0.1, -0.05) is 11.8 Å². The molecule has 0 spiro atoms. The average Bonchev–Trinajstić information content (AvgIpc) is 2.58. The second-order valence-electron chi connectivity index (χ2n) is 3.69. The number of aliphatic imine (C=N–C) groups is 2. The van der Waals surface area contributed by atoms with Crippen LogP contribution >= 0.6 is 11.8 Å². The highest BCUT2D eigenvalue weighted by molar-refractivity contribution is 8.02. The molecule has 3 amide bonds. The molecule has 0 aromatic rings. The summed E-state index contributed by atoms with van der Waals surface area (Å²) in [5.41, 5.74) is -0.520. The number of amidine groups is 1. The van der Waals surface area contributed by atoms with Crippen LogP contribution in [0.4, 0.5) is 0 Å². The lowest BCUT2D eigenvalue weighted by Crippen LogP contribution is -2.51. The molecule has 2 atom stereocenters. The largest absolute Gasteiger partial charge is 0.326 e.